The summed E-state index contributed by atoms with van der Waals surface area (Å²) in [6, 6.07) is 0. The lowest BCUT2D eigenvalue weighted by atomic mass is 9.73. The van der Waals surface area contributed by atoms with Gasteiger partial charge in [0.15, 0.2) is 5.82 Å². The van der Waals surface area contributed by atoms with Gasteiger partial charge in [-0.05, 0) is 50.4 Å². The maximum absolute atomic E-state index is 11.0. The maximum atomic E-state index is 11.0. The van der Waals surface area contributed by atoms with Crippen LogP contribution in [0.3, 0.4) is 0 Å². The molecule has 2 aliphatic carbocycles. The van der Waals surface area contributed by atoms with E-state index in [0.29, 0.717) is 23.6 Å². The number of nitrogens with zero attached hydrogens (tertiary/aromatic N) is 2. The van der Waals surface area contributed by atoms with Crippen molar-refractivity contribution in [3.63, 3.8) is 0 Å². The van der Waals surface area contributed by atoms with E-state index in [-0.39, 0.29) is 11.8 Å². The van der Waals surface area contributed by atoms with Crippen LogP contribution in [0.2, 0.25) is 0 Å². The number of hydrogen-bond donors (Lipinski definition) is 1. The lowest BCUT2D eigenvalue weighted by Gasteiger charge is -2.32. The Labute approximate surface area is 125 Å². The highest BCUT2D eigenvalue weighted by Crippen LogP contribution is 2.43. The second kappa shape index (κ2) is 5.43. The number of carbonyl (C=O) groups is 1. The highest BCUT2D eigenvalue weighted by atomic mass is 16.5. The fourth-order valence-corrected chi connectivity index (χ4v) is 3.67. The minimum atomic E-state index is -0.702. The molecule has 5 nitrogen and oxygen atoms in total. The third kappa shape index (κ3) is 3.11. The van der Waals surface area contributed by atoms with E-state index in [1.54, 1.807) is 0 Å². The molecule has 5 heteroatoms. The lowest BCUT2D eigenvalue weighted by Crippen LogP contribution is -2.20. The summed E-state index contributed by atoms with van der Waals surface area (Å²) in [6.45, 7) is 4.63. The maximum Gasteiger partial charge on any atom is 0.306 e. The third-order valence-electron chi connectivity index (χ3n) is 5.29. The van der Waals surface area contributed by atoms with Crippen LogP contribution in [0.15, 0.2) is 4.52 Å². The second-order valence-electron chi connectivity index (χ2n) is 7.47. The first-order valence-corrected chi connectivity index (χ1v) is 8.01. The summed E-state index contributed by atoms with van der Waals surface area (Å²) in [5, 5.41) is 13.2. The summed E-state index contributed by atoms with van der Waals surface area (Å²) in [4.78, 5) is 15.6. The smallest absolute Gasteiger partial charge is 0.306 e. The molecule has 0 amide bonds. The van der Waals surface area contributed by atoms with E-state index < -0.39 is 5.97 Å². The first-order chi connectivity index (χ1) is 9.94. The van der Waals surface area contributed by atoms with Gasteiger partial charge in [-0.3, -0.25) is 4.79 Å². The predicted molar refractivity (Wildman–Crippen MR) is 77.0 cm³/mol. The molecular weight excluding hydrogens is 268 g/mol. The van der Waals surface area contributed by atoms with Gasteiger partial charge < -0.3 is 9.63 Å². The number of hydrogen-bond acceptors (Lipinski definition) is 4. The normalized spacial score (nSPS) is 29.6. The molecule has 0 aliphatic heterocycles. The SMILES string of the molecule is CC1(C)CCC(c2noc(C3CCC(C(=O)O)C3)n2)CC1. The van der Waals surface area contributed by atoms with Crippen LogP contribution in [0.1, 0.15) is 82.3 Å². The Bertz CT molecular complexity index is 513. The molecule has 1 aromatic heterocycles. The molecule has 1 N–H and O–H groups in total. The van der Waals surface area contributed by atoms with E-state index in [0.717, 1.165) is 31.5 Å². The van der Waals surface area contributed by atoms with Crippen molar-refractivity contribution in [2.24, 2.45) is 11.3 Å². The van der Waals surface area contributed by atoms with Crippen LogP contribution in [0.25, 0.3) is 0 Å². The average Bonchev–Trinajstić information content (AvgIpc) is 3.07. The Morgan fingerprint density at radius 3 is 2.52 bits per heavy atom. The first-order valence-electron chi connectivity index (χ1n) is 8.01. The van der Waals surface area contributed by atoms with E-state index in [2.05, 4.69) is 24.0 Å². The predicted octanol–water partition coefficient (Wildman–Crippen LogP) is 3.72. The van der Waals surface area contributed by atoms with Gasteiger partial charge >= 0.3 is 5.97 Å². The first kappa shape index (κ1) is 14.5. The Morgan fingerprint density at radius 2 is 1.90 bits per heavy atom. The summed E-state index contributed by atoms with van der Waals surface area (Å²) >= 11 is 0. The Balaban J connectivity index is 1.63. The molecule has 0 saturated heterocycles. The molecule has 1 aromatic rings. The van der Waals surface area contributed by atoms with Crippen LogP contribution < -0.4 is 0 Å². The minimum absolute atomic E-state index is 0.132. The molecule has 2 unspecified atom stereocenters. The molecule has 2 atom stereocenters. The van der Waals surface area contributed by atoms with Crippen LogP contribution in [-0.4, -0.2) is 21.2 Å². The Morgan fingerprint density at radius 1 is 1.19 bits per heavy atom. The van der Waals surface area contributed by atoms with Crippen molar-refractivity contribution in [1.29, 1.82) is 0 Å². The fraction of sp³-hybridized carbons (Fsp3) is 0.812. The molecule has 0 spiro atoms. The molecule has 21 heavy (non-hydrogen) atoms. The van der Waals surface area contributed by atoms with Gasteiger partial charge in [0.2, 0.25) is 5.89 Å². The molecule has 0 bridgehead atoms. The number of carboxylic acid groups (broad SMARTS) is 1. The summed E-state index contributed by atoms with van der Waals surface area (Å²) in [6.07, 6.45) is 6.83. The van der Waals surface area contributed by atoms with Gasteiger partial charge in [-0.25, -0.2) is 0 Å². The summed E-state index contributed by atoms with van der Waals surface area (Å²) in [7, 11) is 0. The van der Waals surface area contributed by atoms with Gasteiger partial charge in [0.05, 0.1) is 5.92 Å². The zero-order chi connectivity index (χ0) is 15.0. The highest BCUT2D eigenvalue weighted by Gasteiger charge is 2.35. The Kier molecular flexibility index (Phi) is 3.76. The largest absolute Gasteiger partial charge is 0.481 e. The summed E-state index contributed by atoms with van der Waals surface area (Å²) in [5.41, 5.74) is 0.434. The van der Waals surface area contributed by atoms with E-state index in [4.69, 9.17) is 9.63 Å². The monoisotopic (exact) mass is 292 g/mol. The van der Waals surface area contributed by atoms with Gasteiger partial charge in [-0.15, -0.1) is 0 Å². The van der Waals surface area contributed by atoms with E-state index >= 15 is 0 Å². The lowest BCUT2D eigenvalue weighted by molar-refractivity contribution is -0.141. The third-order valence-corrected chi connectivity index (χ3v) is 5.29. The van der Waals surface area contributed by atoms with Gasteiger partial charge in [0, 0.05) is 11.8 Å². The van der Waals surface area contributed by atoms with Crippen molar-refractivity contribution in [3.05, 3.63) is 11.7 Å². The summed E-state index contributed by atoms with van der Waals surface area (Å²) in [5.74, 6) is 1.07. The van der Waals surface area contributed by atoms with Crippen molar-refractivity contribution < 1.29 is 14.4 Å². The zero-order valence-electron chi connectivity index (χ0n) is 12.8. The summed E-state index contributed by atoms with van der Waals surface area (Å²) < 4.78 is 5.43. The van der Waals surface area contributed by atoms with Gasteiger partial charge in [-0.1, -0.05) is 19.0 Å². The van der Waals surface area contributed by atoms with Gasteiger partial charge in [-0.2, -0.15) is 4.98 Å². The molecule has 0 radical (unpaired) electrons. The molecule has 2 saturated carbocycles. The van der Waals surface area contributed by atoms with Crippen LogP contribution in [0.5, 0.6) is 0 Å². The molecule has 116 valence electrons. The quantitative estimate of drug-likeness (QED) is 0.918. The molecule has 2 aliphatic rings. The van der Waals surface area contributed by atoms with Crippen LogP contribution in [-0.2, 0) is 4.79 Å². The molecule has 1 heterocycles. The van der Waals surface area contributed by atoms with E-state index in [1.807, 2.05) is 0 Å². The number of rotatable bonds is 3. The van der Waals surface area contributed by atoms with Crippen LogP contribution >= 0.6 is 0 Å². The number of carboxylic acids is 1. The molecule has 0 aromatic carbocycles. The fourth-order valence-electron chi connectivity index (χ4n) is 3.67. The zero-order valence-corrected chi connectivity index (χ0v) is 12.8. The van der Waals surface area contributed by atoms with Crippen molar-refractivity contribution in [2.45, 2.75) is 70.6 Å². The van der Waals surface area contributed by atoms with Crippen LogP contribution in [0.4, 0.5) is 0 Å². The molecular formula is C16H24N2O3. The minimum Gasteiger partial charge on any atom is -0.481 e. The van der Waals surface area contributed by atoms with E-state index in [9.17, 15) is 4.79 Å². The number of aromatic nitrogens is 2. The molecule has 3 rings (SSSR count). The highest BCUT2D eigenvalue weighted by molar-refractivity contribution is 5.70. The van der Waals surface area contributed by atoms with Crippen LogP contribution in [0, 0.1) is 11.3 Å². The Hall–Kier alpha value is -1.39. The van der Waals surface area contributed by atoms with Crippen molar-refractivity contribution in [3.8, 4) is 0 Å². The van der Waals surface area contributed by atoms with E-state index in [1.165, 1.54) is 12.8 Å². The second-order valence-corrected chi connectivity index (χ2v) is 7.47. The molecule has 2 fully saturated rings. The average molecular weight is 292 g/mol. The van der Waals surface area contributed by atoms with Gasteiger partial charge in [0.25, 0.3) is 0 Å². The van der Waals surface area contributed by atoms with Crippen molar-refractivity contribution >= 4 is 5.97 Å². The standard InChI is InChI=1S/C16H24N2O3/c1-16(2)7-5-10(6-8-16)13-17-14(21-18-13)11-3-4-12(9-11)15(19)20/h10-12H,3-9H2,1-2H3,(H,19,20). The number of aliphatic carboxylic acids is 1. The topological polar surface area (TPSA) is 76.2 Å². The van der Waals surface area contributed by atoms with Crippen molar-refractivity contribution in [2.75, 3.05) is 0 Å². The van der Waals surface area contributed by atoms with Crippen molar-refractivity contribution in [1.82, 2.24) is 10.1 Å². The van der Waals surface area contributed by atoms with Gasteiger partial charge in [0.1, 0.15) is 0 Å².